The van der Waals surface area contributed by atoms with Gasteiger partial charge < -0.3 is 0 Å². The predicted molar refractivity (Wildman–Crippen MR) is 72.1 cm³/mol. The molecule has 0 amide bonds. The van der Waals surface area contributed by atoms with Gasteiger partial charge in [0, 0.05) is 12.6 Å². The molecule has 0 atom stereocenters. The lowest BCUT2D eigenvalue weighted by Crippen LogP contribution is -2.10. The molecule has 1 aromatic carbocycles. The number of nitrogens with zero attached hydrogens (tertiary/aromatic N) is 2. The molecule has 0 N–H and O–H groups in total. The van der Waals surface area contributed by atoms with Crippen molar-refractivity contribution in [3.63, 3.8) is 0 Å². The summed E-state index contributed by atoms with van der Waals surface area (Å²) in [7, 11) is 1.99. The summed E-state index contributed by atoms with van der Waals surface area (Å²) in [4.78, 5) is 0. The maximum absolute atomic E-state index is 4.28. The van der Waals surface area contributed by atoms with Gasteiger partial charge in [-0.1, -0.05) is 45.0 Å². The molecule has 90 valence electrons. The van der Waals surface area contributed by atoms with Crippen LogP contribution >= 0.6 is 0 Å². The van der Waals surface area contributed by atoms with Gasteiger partial charge in [-0.05, 0) is 23.5 Å². The second-order valence-corrected chi connectivity index (χ2v) is 5.63. The van der Waals surface area contributed by atoms with E-state index in [2.05, 4.69) is 57.1 Å². The minimum Gasteiger partial charge on any atom is -0.268 e. The predicted octanol–water partition coefficient (Wildman–Crippen LogP) is 3.69. The molecule has 2 heteroatoms. The SMILES string of the molecule is Cc1cnn(C)c1-c1ccc(C(C)(C)C)cc1. The summed E-state index contributed by atoms with van der Waals surface area (Å²) in [5, 5.41) is 4.28. The van der Waals surface area contributed by atoms with E-state index in [0.717, 1.165) is 0 Å². The van der Waals surface area contributed by atoms with Crippen molar-refractivity contribution in [2.24, 2.45) is 7.05 Å². The zero-order valence-electron chi connectivity index (χ0n) is 11.3. The van der Waals surface area contributed by atoms with E-state index < -0.39 is 0 Å². The van der Waals surface area contributed by atoms with Crippen LogP contribution in [0.5, 0.6) is 0 Å². The van der Waals surface area contributed by atoms with E-state index in [0.29, 0.717) is 0 Å². The standard InChI is InChI=1S/C15H20N2/c1-11-10-16-17(5)14(11)12-6-8-13(9-7-12)15(2,3)4/h6-10H,1-5H3. The molecule has 0 bridgehead atoms. The summed E-state index contributed by atoms with van der Waals surface area (Å²) in [6.45, 7) is 8.80. The molecular formula is C15H20N2. The Bertz CT molecular complexity index is 493. The van der Waals surface area contributed by atoms with Gasteiger partial charge in [0.1, 0.15) is 0 Å². The largest absolute Gasteiger partial charge is 0.268 e. The molecule has 0 aliphatic carbocycles. The first-order valence-electron chi connectivity index (χ1n) is 5.99. The fourth-order valence-electron chi connectivity index (χ4n) is 2.09. The smallest absolute Gasteiger partial charge is 0.0708 e. The van der Waals surface area contributed by atoms with Crippen LogP contribution in [0.2, 0.25) is 0 Å². The van der Waals surface area contributed by atoms with Crippen LogP contribution in [0.25, 0.3) is 11.3 Å². The molecule has 0 aliphatic heterocycles. The molecule has 0 saturated heterocycles. The highest BCUT2D eigenvalue weighted by Crippen LogP contribution is 2.27. The lowest BCUT2D eigenvalue weighted by atomic mass is 9.86. The topological polar surface area (TPSA) is 17.8 Å². The number of hydrogen-bond acceptors (Lipinski definition) is 1. The van der Waals surface area contributed by atoms with Gasteiger partial charge in [-0.25, -0.2) is 0 Å². The minimum absolute atomic E-state index is 0.208. The maximum atomic E-state index is 4.28. The highest BCUT2D eigenvalue weighted by Gasteiger charge is 2.14. The molecule has 1 heterocycles. The van der Waals surface area contributed by atoms with Crippen molar-refractivity contribution in [1.82, 2.24) is 9.78 Å². The third-order valence-electron chi connectivity index (χ3n) is 3.15. The highest BCUT2D eigenvalue weighted by atomic mass is 15.3. The Morgan fingerprint density at radius 2 is 1.65 bits per heavy atom. The van der Waals surface area contributed by atoms with Crippen molar-refractivity contribution in [2.75, 3.05) is 0 Å². The number of aryl methyl sites for hydroxylation is 2. The average Bonchev–Trinajstić information content (AvgIpc) is 2.58. The zero-order chi connectivity index (χ0) is 12.6. The highest BCUT2D eigenvalue weighted by molar-refractivity contribution is 5.63. The Morgan fingerprint density at radius 3 is 2.06 bits per heavy atom. The average molecular weight is 228 g/mol. The Labute approximate surface area is 103 Å². The molecule has 0 fully saturated rings. The van der Waals surface area contributed by atoms with Crippen molar-refractivity contribution >= 4 is 0 Å². The fraction of sp³-hybridized carbons (Fsp3) is 0.400. The van der Waals surface area contributed by atoms with Crippen molar-refractivity contribution in [3.05, 3.63) is 41.6 Å². The van der Waals surface area contributed by atoms with Gasteiger partial charge in [-0.3, -0.25) is 4.68 Å². The van der Waals surface area contributed by atoms with Crippen molar-refractivity contribution in [3.8, 4) is 11.3 Å². The van der Waals surface area contributed by atoms with E-state index in [-0.39, 0.29) is 5.41 Å². The van der Waals surface area contributed by atoms with Gasteiger partial charge in [0.15, 0.2) is 0 Å². The quantitative estimate of drug-likeness (QED) is 0.728. The first kappa shape index (κ1) is 11.9. The van der Waals surface area contributed by atoms with Crippen molar-refractivity contribution in [2.45, 2.75) is 33.1 Å². The first-order valence-corrected chi connectivity index (χ1v) is 5.99. The third kappa shape index (κ3) is 2.26. The van der Waals surface area contributed by atoms with Crippen LogP contribution in [0.3, 0.4) is 0 Å². The fourth-order valence-corrected chi connectivity index (χ4v) is 2.09. The maximum Gasteiger partial charge on any atom is 0.0708 e. The summed E-state index contributed by atoms with van der Waals surface area (Å²) in [5.74, 6) is 0. The van der Waals surface area contributed by atoms with Crippen molar-refractivity contribution in [1.29, 1.82) is 0 Å². The number of aromatic nitrogens is 2. The van der Waals surface area contributed by atoms with Crippen molar-refractivity contribution < 1.29 is 0 Å². The molecule has 0 saturated carbocycles. The second-order valence-electron chi connectivity index (χ2n) is 5.63. The Hall–Kier alpha value is -1.57. The molecule has 2 rings (SSSR count). The summed E-state index contributed by atoms with van der Waals surface area (Å²) in [5.41, 5.74) is 5.22. The molecule has 0 radical (unpaired) electrons. The lowest BCUT2D eigenvalue weighted by Gasteiger charge is -2.19. The van der Waals surface area contributed by atoms with E-state index in [1.807, 2.05) is 17.9 Å². The molecular weight excluding hydrogens is 208 g/mol. The van der Waals surface area contributed by atoms with Gasteiger partial charge in [-0.15, -0.1) is 0 Å². The molecule has 0 spiro atoms. The molecule has 2 aromatic rings. The van der Waals surface area contributed by atoms with E-state index in [9.17, 15) is 0 Å². The monoisotopic (exact) mass is 228 g/mol. The van der Waals surface area contributed by atoms with Gasteiger partial charge in [0.25, 0.3) is 0 Å². The van der Waals surface area contributed by atoms with Crippen LogP contribution in [0.4, 0.5) is 0 Å². The van der Waals surface area contributed by atoms with E-state index in [4.69, 9.17) is 0 Å². The summed E-state index contributed by atoms with van der Waals surface area (Å²) in [6.07, 6.45) is 1.91. The summed E-state index contributed by atoms with van der Waals surface area (Å²) >= 11 is 0. The van der Waals surface area contributed by atoms with Crippen LogP contribution in [0.15, 0.2) is 30.5 Å². The molecule has 2 nitrogen and oxygen atoms in total. The third-order valence-corrected chi connectivity index (χ3v) is 3.15. The molecule has 1 aromatic heterocycles. The second kappa shape index (κ2) is 4.02. The van der Waals surface area contributed by atoms with Gasteiger partial charge >= 0.3 is 0 Å². The lowest BCUT2D eigenvalue weighted by molar-refractivity contribution is 0.590. The van der Waals surface area contributed by atoms with E-state index in [1.54, 1.807) is 0 Å². The number of rotatable bonds is 1. The summed E-state index contributed by atoms with van der Waals surface area (Å²) in [6, 6.07) is 8.79. The Kier molecular flexibility index (Phi) is 2.82. The van der Waals surface area contributed by atoms with Crippen LogP contribution in [-0.4, -0.2) is 9.78 Å². The van der Waals surface area contributed by atoms with Crippen LogP contribution < -0.4 is 0 Å². The first-order chi connectivity index (χ1) is 7.89. The van der Waals surface area contributed by atoms with Crippen LogP contribution in [0, 0.1) is 6.92 Å². The number of benzene rings is 1. The number of hydrogen-bond donors (Lipinski definition) is 0. The summed E-state index contributed by atoms with van der Waals surface area (Å²) < 4.78 is 1.93. The van der Waals surface area contributed by atoms with Crippen LogP contribution in [-0.2, 0) is 12.5 Å². The van der Waals surface area contributed by atoms with Gasteiger partial charge in [0.05, 0.1) is 11.9 Å². The normalized spacial score (nSPS) is 11.8. The van der Waals surface area contributed by atoms with E-state index >= 15 is 0 Å². The Morgan fingerprint density at radius 1 is 1.06 bits per heavy atom. The molecule has 0 aliphatic rings. The molecule has 17 heavy (non-hydrogen) atoms. The van der Waals surface area contributed by atoms with Gasteiger partial charge in [-0.2, -0.15) is 5.10 Å². The minimum atomic E-state index is 0.208. The Balaban J connectivity index is 2.43. The van der Waals surface area contributed by atoms with Gasteiger partial charge in [0.2, 0.25) is 0 Å². The van der Waals surface area contributed by atoms with E-state index in [1.165, 1.54) is 22.4 Å². The van der Waals surface area contributed by atoms with Crippen LogP contribution in [0.1, 0.15) is 31.9 Å². The zero-order valence-corrected chi connectivity index (χ0v) is 11.3. The molecule has 0 unspecified atom stereocenters.